The third-order valence-corrected chi connectivity index (χ3v) is 1.77. The molecule has 0 radical (unpaired) electrons. The highest BCUT2D eigenvalue weighted by Crippen LogP contribution is 2.01. The first-order chi connectivity index (χ1) is 5.38. The van der Waals surface area contributed by atoms with E-state index in [1.807, 2.05) is 12.3 Å². The lowest BCUT2D eigenvalue weighted by molar-refractivity contribution is 0.0349. The van der Waals surface area contributed by atoms with Gasteiger partial charge in [-0.05, 0) is 6.08 Å². The summed E-state index contributed by atoms with van der Waals surface area (Å²) in [5, 5.41) is 4.37. The molecule has 0 saturated carbocycles. The summed E-state index contributed by atoms with van der Waals surface area (Å²) < 4.78 is 0. The highest BCUT2D eigenvalue weighted by Gasteiger charge is 2.06. The molecule has 0 spiro atoms. The summed E-state index contributed by atoms with van der Waals surface area (Å²) in [5.74, 6) is 0. The summed E-state index contributed by atoms with van der Waals surface area (Å²) in [5.41, 5.74) is 0. The fourth-order valence-corrected chi connectivity index (χ4v) is 1.15. The van der Waals surface area contributed by atoms with Crippen molar-refractivity contribution in [2.24, 2.45) is 4.99 Å². The van der Waals surface area contributed by atoms with Gasteiger partial charge in [0.15, 0.2) is 0 Å². The van der Waals surface area contributed by atoms with Crippen LogP contribution in [-0.4, -0.2) is 36.0 Å². The fraction of sp³-hybridized carbons (Fsp3) is 0.625. The molecule has 0 N–H and O–H groups in total. The summed E-state index contributed by atoms with van der Waals surface area (Å²) in [6.45, 7) is 7.14. The maximum absolute atomic E-state index is 4.15. The molecule has 1 aliphatic heterocycles. The van der Waals surface area contributed by atoms with Crippen LogP contribution in [0.5, 0.6) is 0 Å². The van der Waals surface area contributed by atoms with E-state index in [9.17, 15) is 0 Å². The molecule has 0 aromatic heterocycles. The standard InChI is InChI=1S/C8H15N3/c1-3-10(4-2)11-7-5-6-9-8-11/h5-7H,3-4,8H2,1-2H3. The van der Waals surface area contributed by atoms with Crippen LogP contribution < -0.4 is 0 Å². The molecule has 1 aliphatic rings. The van der Waals surface area contributed by atoms with E-state index in [0.717, 1.165) is 19.8 Å². The van der Waals surface area contributed by atoms with E-state index in [2.05, 4.69) is 35.1 Å². The maximum atomic E-state index is 4.15. The monoisotopic (exact) mass is 153 g/mol. The quantitative estimate of drug-likeness (QED) is 0.604. The van der Waals surface area contributed by atoms with E-state index < -0.39 is 0 Å². The molecule has 0 saturated heterocycles. The van der Waals surface area contributed by atoms with E-state index in [0.29, 0.717) is 0 Å². The minimum absolute atomic E-state index is 0.762. The van der Waals surface area contributed by atoms with E-state index >= 15 is 0 Å². The second-order valence-corrected chi connectivity index (χ2v) is 2.39. The van der Waals surface area contributed by atoms with Gasteiger partial charge in [-0.1, -0.05) is 13.8 Å². The minimum Gasteiger partial charge on any atom is -0.292 e. The third kappa shape index (κ3) is 2.05. The van der Waals surface area contributed by atoms with Crippen molar-refractivity contribution in [2.45, 2.75) is 13.8 Å². The first-order valence-corrected chi connectivity index (χ1v) is 4.06. The number of hydrazine groups is 1. The number of allylic oxidation sites excluding steroid dienone is 1. The number of hydrogen-bond acceptors (Lipinski definition) is 3. The summed E-state index contributed by atoms with van der Waals surface area (Å²) in [4.78, 5) is 4.15. The normalized spacial score (nSPS) is 16.5. The molecule has 3 nitrogen and oxygen atoms in total. The number of hydrogen-bond donors (Lipinski definition) is 0. The predicted octanol–water partition coefficient (Wildman–Crippen LogP) is 1.10. The Labute approximate surface area is 68.0 Å². The van der Waals surface area contributed by atoms with Crippen molar-refractivity contribution in [1.82, 2.24) is 10.0 Å². The molecule has 0 aromatic carbocycles. The van der Waals surface area contributed by atoms with Crippen molar-refractivity contribution >= 4 is 6.21 Å². The third-order valence-electron chi connectivity index (χ3n) is 1.77. The van der Waals surface area contributed by atoms with Crippen LogP contribution in [0.15, 0.2) is 17.3 Å². The van der Waals surface area contributed by atoms with E-state index in [-0.39, 0.29) is 0 Å². The topological polar surface area (TPSA) is 18.8 Å². The van der Waals surface area contributed by atoms with Crippen LogP contribution in [-0.2, 0) is 0 Å². The number of aliphatic imine (C=N–C) groups is 1. The van der Waals surface area contributed by atoms with Gasteiger partial charge in [-0.2, -0.15) is 0 Å². The highest BCUT2D eigenvalue weighted by molar-refractivity contribution is 5.71. The minimum atomic E-state index is 0.762. The molecule has 1 rings (SSSR count). The molecule has 0 bridgehead atoms. The van der Waals surface area contributed by atoms with Crippen LogP contribution in [0.2, 0.25) is 0 Å². The van der Waals surface area contributed by atoms with Gasteiger partial charge in [0.25, 0.3) is 0 Å². The summed E-state index contributed by atoms with van der Waals surface area (Å²) >= 11 is 0. The van der Waals surface area contributed by atoms with Gasteiger partial charge in [-0.15, -0.1) is 0 Å². The highest BCUT2D eigenvalue weighted by atomic mass is 15.6. The summed E-state index contributed by atoms with van der Waals surface area (Å²) in [6.07, 6.45) is 5.85. The Bertz CT molecular complexity index is 159. The number of rotatable bonds is 3. The lowest BCUT2D eigenvalue weighted by atomic mass is 10.5. The first kappa shape index (κ1) is 8.27. The van der Waals surface area contributed by atoms with Gasteiger partial charge in [-0.3, -0.25) is 10.0 Å². The average molecular weight is 153 g/mol. The van der Waals surface area contributed by atoms with Gasteiger partial charge in [0, 0.05) is 25.5 Å². The van der Waals surface area contributed by atoms with Gasteiger partial charge in [-0.25, -0.2) is 5.01 Å². The first-order valence-electron chi connectivity index (χ1n) is 4.06. The second kappa shape index (κ2) is 4.13. The largest absolute Gasteiger partial charge is 0.292 e. The van der Waals surface area contributed by atoms with Crippen molar-refractivity contribution in [3.8, 4) is 0 Å². The zero-order valence-corrected chi connectivity index (χ0v) is 7.20. The Morgan fingerprint density at radius 1 is 1.45 bits per heavy atom. The Kier molecular flexibility index (Phi) is 3.11. The van der Waals surface area contributed by atoms with Crippen LogP contribution >= 0.6 is 0 Å². The lowest BCUT2D eigenvalue weighted by Gasteiger charge is -2.31. The Morgan fingerprint density at radius 2 is 2.18 bits per heavy atom. The fourth-order valence-electron chi connectivity index (χ4n) is 1.15. The molecule has 0 aliphatic carbocycles. The molecule has 11 heavy (non-hydrogen) atoms. The van der Waals surface area contributed by atoms with Gasteiger partial charge >= 0.3 is 0 Å². The van der Waals surface area contributed by atoms with Crippen LogP contribution in [0.1, 0.15) is 13.8 Å². The van der Waals surface area contributed by atoms with E-state index in [1.54, 1.807) is 0 Å². The van der Waals surface area contributed by atoms with Gasteiger partial charge < -0.3 is 0 Å². The van der Waals surface area contributed by atoms with Crippen LogP contribution in [0, 0.1) is 0 Å². The second-order valence-electron chi connectivity index (χ2n) is 2.39. The molecule has 0 unspecified atom stereocenters. The Balaban J connectivity index is 2.45. The molecule has 62 valence electrons. The van der Waals surface area contributed by atoms with Crippen LogP contribution in [0.25, 0.3) is 0 Å². The molecule has 1 heterocycles. The number of nitrogens with zero attached hydrogens (tertiary/aromatic N) is 3. The lowest BCUT2D eigenvalue weighted by Crippen LogP contribution is -2.39. The van der Waals surface area contributed by atoms with Gasteiger partial charge in [0.05, 0.1) is 0 Å². The van der Waals surface area contributed by atoms with Crippen LogP contribution in [0.4, 0.5) is 0 Å². The maximum Gasteiger partial charge on any atom is 0.124 e. The zero-order chi connectivity index (χ0) is 8.10. The van der Waals surface area contributed by atoms with E-state index in [1.165, 1.54) is 0 Å². The van der Waals surface area contributed by atoms with Gasteiger partial charge in [0.1, 0.15) is 6.67 Å². The van der Waals surface area contributed by atoms with Gasteiger partial charge in [0.2, 0.25) is 0 Å². The SMILES string of the molecule is CCN(CC)N1C=CC=NC1. The molecular weight excluding hydrogens is 138 g/mol. The molecule has 0 aromatic rings. The van der Waals surface area contributed by atoms with Crippen molar-refractivity contribution in [3.05, 3.63) is 12.3 Å². The smallest absolute Gasteiger partial charge is 0.124 e. The Hall–Kier alpha value is -0.830. The molecule has 0 amide bonds. The molecule has 3 heteroatoms. The van der Waals surface area contributed by atoms with E-state index in [4.69, 9.17) is 0 Å². The van der Waals surface area contributed by atoms with Crippen molar-refractivity contribution in [3.63, 3.8) is 0 Å². The van der Waals surface area contributed by atoms with Crippen LogP contribution in [0.3, 0.4) is 0 Å². The molecule has 0 fully saturated rings. The zero-order valence-electron chi connectivity index (χ0n) is 7.20. The molecular formula is C8H15N3. The summed E-state index contributed by atoms with van der Waals surface area (Å²) in [6, 6.07) is 0. The predicted molar refractivity (Wildman–Crippen MR) is 47.3 cm³/mol. The van der Waals surface area contributed by atoms with Crippen molar-refractivity contribution in [1.29, 1.82) is 0 Å². The molecule has 0 atom stereocenters. The van der Waals surface area contributed by atoms with Crippen molar-refractivity contribution < 1.29 is 0 Å². The average Bonchev–Trinajstić information content (AvgIpc) is 2.09. The van der Waals surface area contributed by atoms with Crippen molar-refractivity contribution in [2.75, 3.05) is 19.8 Å². The summed E-state index contributed by atoms with van der Waals surface area (Å²) in [7, 11) is 0. The Morgan fingerprint density at radius 3 is 2.64 bits per heavy atom.